The van der Waals surface area contributed by atoms with Gasteiger partial charge in [0.25, 0.3) is 0 Å². The van der Waals surface area contributed by atoms with Gasteiger partial charge in [0.05, 0.1) is 6.54 Å². The third-order valence-electron chi connectivity index (χ3n) is 2.52. The van der Waals surface area contributed by atoms with E-state index in [2.05, 4.69) is 17.2 Å². The molecule has 0 aliphatic carbocycles. The molecular weight excluding hydrogens is 300 g/mol. The Morgan fingerprint density at radius 3 is 2.48 bits per heavy atom. The molecule has 0 radical (unpaired) electrons. The van der Waals surface area contributed by atoms with E-state index in [4.69, 9.17) is 16.7 Å². The van der Waals surface area contributed by atoms with Gasteiger partial charge in [0.2, 0.25) is 0 Å². The van der Waals surface area contributed by atoms with Gasteiger partial charge in [0.1, 0.15) is 6.04 Å². The van der Waals surface area contributed by atoms with Gasteiger partial charge in [0, 0.05) is 11.5 Å². The van der Waals surface area contributed by atoms with Crippen molar-refractivity contribution < 1.29 is 24.9 Å². The van der Waals surface area contributed by atoms with Crippen LogP contribution in [-0.2, 0) is 11.2 Å². The zero-order valence-electron chi connectivity index (χ0n) is 11.0. The highest BCUT2D eigenvalue weighted by molar-refractivity contribution is 6.29. The minimum absolute atomic E-state index is 0.0136. The summed E-state index contributed by atoms with van der Waals surface area (Å²) in [6.45, 7) is 3.40. The lowest BCUT2D eigenvalue weighted by molar-refractivity contribution is -0.139. The number of hydrogen-bond acceptors (Lipinski definition) is 4. The number of aliphatic carboxylic acids is 1. The second-order valence-corrected chi connectivity index (χ2v) is 4.80. The molecule has 114 valence electrons. The monoisotopic (exact) mass is 314 g/mol. The summed E-state index contributed by atoms with van der Waals surface area (Å²) in [4.78, 5) is 22.6. The Kier molecular flexibility index (Phi) is 5.86. The molecule has 7 nitrogen and oxygen atoms in total. The first-order chi connectivity index (χ1) is 9.79. The molecule has 0 heterocycles. The summed E-state index contributed by atoms with van der Waals surface area (Å²) in [5.74, 6) is -1.90. The van der Waals surface area contributed by atoms with Crippen LogP contribution < -0.4 is 10.6 Å². The molecule has 1 unspecified atom stereocenters. The fourth-order valence-corrected chi connectivity index (χ4v) is 1.58. The normalized spacial score (nSPS) is 11.5. The summed E-state index contributed by atoms with van der Waals surface area (Å²) in [5.41, 5.74) is 0.444. The van der Waals surface area contributed by atoms with E-state index in [1.807, 2.05) is 0 Å². The molecule has 21 heavy (non-hydrogen) atoms. The van der Waals surface area contributed by atoms with Crippen LogP contribution in [0.25, 0.3) is 0 Å². The highest BCUT2D eigenvalue weighted by Gasteiger charge is 2.20. The average Bonchev–Trinajstić information content (AvgIpc) is 2.39. The van der Waals surface area contributed by atoms with Crippen LogP contribution in [0.5, 0.6) is 11.5 Å². The van der Waals surface area contributed by atoms with Crippen molar-refractivity contribution in [3.8, 4) is 11.5 Å². The summed E-state index contributed by atoms with van der Waals surface area (Å²) in [6, 6.07) is 2.02. The fraction of sp³-hybridized carbons (Fsp3) is 0.231. The molecule has 1 rings (SSSR count). The zero-order valence-corrected chi connectivity index (χ0v) is 11.7. The number of aromatic hydroxyl groups is 2. The molecule has 1 aromatic rings. The van der Waals surface area contributed by atoms with E-state index in [0.717, 1.165) is 0 Å². The number of carboxylic acid groups (broad SMARTS) is 1. The standard InChI is InChI=1S/C13H15ClN2O5/c1-7(14)6-15-13(21)16-9(12(19)20)4-8-2-3-10(17)11(18)5-8/h2-3,5,9,17-18H,1,4,6H2,(H,19,20)(H2,15,16,21). The van der Waals surface area contributed by atoms with Crippen LogP contribution in [0.4, 0.5) is 4.79 Å². The number of amides is 2. The van der Waals surface area contributed by atoms with Crippen LogP contribution in [0.1, 0.15) is 5.56 Å². The maximum absolute atomic E-state index is 11.5. The van der Waals surface area contributed by atoms with Crippen LogP contribution in [0.2, 0.25) is 0 Å². The van der Waals surface area contributed by atoms with Crippen molar-refractivity contribution in [3.05, 3.63) is 35.4 Å². The summed E-state index contributed by atoms with van der Waals surface area (Å²) in [5, 5.41) is 32.4. The molecule has 0 bridgehead atoms. The van der Waals surface area contributed by atoms with E-state index in [1.54, 1.807) is 0 Å². The number of phenolic OH excluding ortho intramolecular Hbond substituents is 2. The Morgan fingerprint density at radius 1 is 1.29 bits per heavy atom. The Balaban J connectivity index is 2.69. The summed E-state index contributed by atoms with van der Waals surface area (Å²) < 4.78 is 0. The number of halogens is 1. The maximum atomic E-state index is 11.5. The Hall–Kier alpha value is -2.41. The minimum atomic E-state index is -1.23. The van der Waals surface area contributed by atoms with Gasteiger partial charge >= 0.3 is 12.0 Å². The van der Waals surface area contributed by atoms with Gasteiger partial charge in [-0.3, -0.25) is 0 Å². The number of carbonyl (C=O) groups is 2. The number of rotatable bonds is 6. The first-order valence-corrected chi connectivity index (χ1v) is 6.28. The van der Waals surface area contributed by atoms with Crippen molar-refractivity contribution in [3.63, 3.8) is 0 Å². The van der Waals surface area contributed by atoms with Gasteiger partial charge in [-0.25, -0.2) is 9.59 Å². The SMILES string of the molecule is C=C(Cl)CNC(=O)NC(Cc1ccc(O)c(O)c1)C(=O)O. The lowest BCUT2D eigenvalue weighted by Gasteiger charge is -2.15. The summed E-state index contributed by atoms with van der Waals surface area (Å²) in [6.07, 6.45) is -0.0571. The van der Waals surface area contributed by atoms with Gasteiger partial charge in [-0.15, -0.1) is 0 Å². The molecule has 2 amide bonds. The first kappa shape index (κ1) is 16.6. The van der Waals surface area contributed by atoms with Crippen LogP contribution >= 0.6 is 11.6 Å². The predicted octanol–water partition coefficient (Wildman–Crippen LogP) is 1.15. The van der Waals surface area contributed by atoms with Crippen LogP contribution in [0.3, 0.4) is 0 Å². The largest absolute Gasteiger partial charge is 0.504 e. The number of hydrogen-bond donors (Lipinski definition) is 5. The van der Waals surface area contributed by atoms with E-state index in [9.17, 15) is 19.8 Å². The lowest BCUT2D eigenvalue weighted by Crippen LogP contribution is -2.47. The van der Waals surface area contributed by atoms with Gasteiger partial charge in [-0.1, -0.05) is 24.2 Å². The molecule has 0 saturated carbocycles. The number of carbonyl (C=O) groups excluding carboxylic acids is 1. The predicted molar refractivity (Wildman–Crippen MR) is 76.4 cm³/mol. The highest BCUT2D eigenvalue weighted by Crippen LogP contribution is 2.25. The smallest absolute Gasteiger partial charge is 0.326 e. The van der Waals surface area contributed by atoms with E-state index in [-0.39, 0.29) is 29.5 Å². The topological polar surface area (TPSA) is 119 Å². The van der Waals surface area contributed by atoms with Crippen LogP contribution in [0.15, 0.2) is 29.8 Å². The lowest BCUT2D eigenvalue weighted by atomic mass is 10.1. The number of nitrogens with one attached hydrogen (secondary N) is 2. The van der Waals surface area contributed by atoms with Crippen molar-refractivity contribution in [2.45, 2.75) is 12.5 Å². The Bertz CT molecular complexity index is 561. The molecule has 0 aliphatic heterocycles. The molecule has 0 aliphatic rings. The van der Waals surface area contributed by atoms with E-state index < -0.39 is 18.0 Å². The number of phenols is 2. The molecule has 0 aromatic heterocycles. The van der Waals surface area contributed by atoms with E-state index in [1.165, 1.54) is 18.2 Å². The van der Waals surface area contributed by atoms with Gasteiger partial charge in [-0.2, -0.15) is 0 Å². The third-order valence-corrected chi connectivity index (χ3v) is 2.66. The molecule has 5 N–H and O–H groups in total. The highest BCUT2D eigenvalue weighted by atomic mass is 35.5. The quantitative estimate of drug-likeness (QED) is 0.505. The molecule has 1 aromatic carbocycles. The van der Waals surface area contributed by atoms with Crippen LogP contribution in [-0.4, -0.2) is 39.9 Å². The fourth-order valence-electron chi connectivity index (χ4n) is 1.52. The Morgan fingerprint density at radius 2 is 1.95 bits per heavy atom. The molecule has 0 fully saturated rings. The molecule has 8 heteroatoms. The van der Waals surface area contributed by atoms with Gasteiger partial charge < -0.3 is 26.0 Å². The molecule has 1 atom stereocenters. The van der Waals surface area contributed by atoms with Crippen LogP contribution in [0, 0.1) is 0 Å². The van der Waals surface area contributed by atoms with Crippen molar-refractivity contribution in [2.75, 3.05) is 6.54 Å². The first-order valence-electron chi connectivity index (χ1n) is 5.91. The molecule has 0 spiro atoms. The molecular formula is C13H15ClN2O5. The van der Waals surface area contributed by atoms with Gasteiger partial charge in [0.15, 0.2) is 11.5 Å². The van der Waals surface area contributed by atoms with Crippen molar-refractivity contribution in [1.29, 1.82) is 0 Å². The van der Waals surface area contributed by atoms with E-state index in [0.29, 0.717) is 5.56 Å². The number of urea groups is 1. The van der Waals surface area contributed by atoms with Crippen molar-refractivity contribution in [1.82, 2.24) is 10.6 Å². The third kappa shape index (κ3) is 5.62. The second-order valence-electron chi connectivity index (χ2n) is 4.26. The zero-order chi connectivity index (χ0) is 16.0. The Labute approximate surface area is 125 Å². The molecule has 0 saturated heterocycles. The maximum Gasteiger partial charge on any atom is 0.326 e. The van der Waals surface area contributed by atoms with E-state index >= 15 is 0 Å². The number of carboxylic acids is 1. The average molecular weight is 315 g/mol. The van der Waals surface area contributed by atoms with Crippen molar-refractivity contribution >= 4 is 23.6 Å². The van der Waals surface area contributed by atoms with Crippen molar-refractivity contribution in [2.24, 2.45) is 0 Å². The summed E-state index contributed by atoms with van der Waals surface area (Å²) in [7, 11) is 0. The minimum Gasteiger partial charge on any atom is -0.504 e. The summed E-state index contributed by atoms with van der Waals surface area (Å²) >= 11 is 5.48. The van der Waals surface area contributed by atoms with Gasteiger partial charge in [-0.05, 0) is 17.7 Å². The second kappa shape index (κ2) is 7.39. The number of benzene rings is 1.